The van der Waals surface area contributed by atoms with Gasteiger partial charge in [-0.05, 0) is 35.4 Å². The summed E-state index contributed by atoms with van der Waals surface area (Å²) in [6, 6.07) is 3.75. The molecule has 0 spiro atoms. The second-order valence-electron chi connectivity index (χ2n) is 4.83. The van der Waals surface area contributed by atoms with E-state index in [-0.39, 0.29) is 6.07 Å². The Morgan fingerprint density at radius 3 is 1.58 bits per heavy atom. The monoisotopic (exact) mass is 358 g/mol. The summed E-state index contributed by atoms with van der Waals surface area (Å²) in [5.41, 5.74) is -5.64. The van der Waals surface area contributed by atoms with Gasteiger partial charge in [0.2, 0.25) is 0 Å². The number of benzene rings is 2. The highest BCUT2D eigenvalue weighted by Crippen LogP contribution is 2.41. The summed E-state index contributed by atoms with van der Waals surface area (Å²) >= 11 is 0. The standard InChI is InChI=1S/C15H7F9/c16-13(17,18)9-3-1-2-8(6-9)11-5-4-10(14(19,20)21)7-12(11)15(22,23)24/h1-7H. The zero-order chi connectivity index (χ0) is 18.3. The van der Waals surface area contributed by atoms with Crippen molar-refractivity contribution in [3.8, 4) is 11.1 Å². The molecule has 0 aliphatic carbocycles. The van der Waals surface area contributed by atoms with Crippen LogP contribution in [0.1, 0.15) is 16.7 Å². The van der Waals surface area contributed by atoms with E-state index in [1.54, 1.807) is 0 Å². The number of alkyl halides is 9. The van der Waals surface area contributed by atoms with Gasteiger partial charge < -0.3 is 0 Å². The molecule has 0 nitrogen and oxygen atoms in total. The Morgan fingerprint density at radius 1 is 0.542 bits per heavy atom. The molecule has 2 rings (SSSR count). The van der Waals surface area contributed by atoms with Gasteiger partial charge in [-0.15, -0.1) is 0 Å². The molecule has 0 aromatic heterocycles. The molecule has 2 aromatic carbocycles. The molecular formula is C15H7F9. The smallest absolute Gasteiger partial charge is 0.166 e. The minimum Gasteiger partial charge on any atom is -0.166 e. The Hall–Kier alpha value is -2.19. The molecule has 0 amide bonds. The Balaban J connectivity index is 2.67. The lowest BCUT2D eigenvalue weighted by molar-refractivity contribution is -0.142. The fourth-order valence-electron chi connectivity index (χ4n) is 2.07. The lowest BCUT2D eigenvalue weighted by atomic mass is 9.95. The Labute approximate surface area is 129 Å². The number of halogens is 9. The summed E-state index contributed by atoms with van der Waals surface area (Å²) in [6.07, 6.45) is -15.0. The third-order valence-corrected chi connectivity index (χ3v) is 3.15. The molecule has 0 aliphatic rings. The maximum absolute atomic E-state index is 13.0. The Bertz CT molecular complexity index is 736. The zero-order valence-electron chi connectivity index (χ0n) is 11.4. The van der Waals surface area contributed by atoms with Crippen molar-refractivity contribution in [1.29, 1.82) is 0 Å². The molecule has 0 saturated heterocycles. The molecular weight excluding hydrogens is 351 g/mol. The van der Waals surface area contributed by atoms with Crippen LogP contribution in [0.4, 0.5) is 39.5 Å². The molecule has 9 heteroatoms. The summed E-state index contributed by atoms with van der Waals surface area (Å²) in [4.78, 5) is 0. The predicted molar refractivity (Wildman–Crippen MR) is 66.9 cm³/mol. The maximum Gasteiger partial charge on any atom is 0.417 e. The van der Waals surface area contributed by atoms with Crippen LogP contribution in [-0.2, 0) is 18.5 Å². The Kier molecular flexibility index (Phi) is 4.32. The average Bonchev–Trinajstić information content (AvgIpc) is 2.44. The summed E-state index contributed by atoms with van der Waals surface area (Å²) in [5.74, 6) is 0. The van der Waals surface area contributed by atoms with Crippen LogP contribution in [0.15, 0.2) is 42.5 Å². The first-order chi connectivity index (χ1) is 10.8. The minimum atomic E-state index is -5.16. The van der Waals surface area contributed by atoms with Crippen molar-refractivity contribution in [2.45, 2.75) is 18.5 Å². The van der Waals surface area contributed by atoms with Gasteiger partial charge in [0, 0.05) is 0 Å². The molecule has 130 valence electrons. The van der Waals surface area contributed by atoms with Gasteiger partial charge in [0.1, 0.15) is 0 Å². The van der Waals surface area contributed by atoms with Crippen LogP contribution in [0.2, 0.25) is 0 Å². The number of hydrogen-bond acceptors (Lipinski definition) is 0. The summed E-state index contributed by atoms with van der Waals surface area (Å²) in [7, 11) is 0. The van der Waals surface area contributed by atoms with Crippen molar-refractivity contribution in [2.24, 2.45) is 0 Å². The third-order valence-electron chi connectivity index (χ3n) is 3.15. The molecule has 0 saturated carbocycles. The van der Waals surface area contributed by atoms with Gasteiger partial charge in [0.25, 0.3) is 0 Å². The van der Waals surface area contributed by atoms with Gasteiger partial charge >= 0.3 is 18.5 Å². The van der Waals surface area contributed by atoms with E-state index >= 15 is 0 Å². The largest absolute Gasteiger partial charge is 0.417 e. The van der Waals surface area contributed by atoms with E-state index in [4.69, 9.17) is 0 Å². The molecule has 0 unspecified atom stereocenters. The van der Waals surface area contributed by atoms with Crippen LogP contribution in [0, 0.1) is 0 Å². The molecule has 0 fully saturated rings. The molecule has 0 bridgehead atoms. The highest BCUT2D eigenvalue weighted by molar-refractivity contribution is 5.69. The second kappa shape index (κ2) is 5.71. The minimum absolute atomic E-state index is 0.115. The van der Waals surface area contributed by atoms with E-state index in [0.717, 1.165) is 12.1 Å². The van der Waals surface area contributed by atoms with Gasteiger partial charge in [-0.1, -0.05) is 18.2 Å². The van der Waals surface area contributed by atoms with Crippen LogP contribution < -0.4 is 0 Å². The first kappa shape index (κ1) is 18.2. The lowest BCUT2D eigenvalue weighted by Crippen LogP contribution is -2.12. The van der Waals surface area contributed by atoms with E-state index in [9.17, 15) is 39.5 Å². The van der Waals surface area contributed by atoms with Crippen LogP contribution >= 0.6 is 0 Å². The van der Waals surface area contributed by atoms with Crippen molar-refractivity contribution < 1.29 is 39.5 Å². The van der Waals surface area contributed by atoms with E-state index in [1.165, 1.54) is 0 Å². The Morgan fingerprint density at radius 2 is 1.08 bits per heavy atom. The van der Waals surface area contributed by atoms with Gasteiger partial charge in [0.15, 0.2) is 0 Å². The lowest BCUT2D eigenvalue weighted by Gasteiger charge is -2.17. The zero-order valence-corrected chi connectivity index (χ0v) is 11.4. The first-order valence-electron chi connectivity index (χ1n) is 6.26. The fourth-order valence-corrected chi connectivity index (χ4v) is 2.07. The summed E-state index contributed by atoms with van der Waals surface area (Å²) in [6.45, 7) is 0. The van der Waals surface area contributed by atoms with E-state index < -0.39 is 46.3 Å². The third kappa shape index (κ3) is 3.82. The van der Waals surface area contributed by atoms with Crippen molar-refractivity contribution in [3.05, 3.63) is 59.2 Å². The first-order valence-corrected chi connectivity index (χ1v) is 6.26. The highest BCUT2D eigenvalue weighted by atomic mass is 19.4. The van der Waals surface area contributed by atoms with E-state index in [1.807, 2.05) is 0 Å². The summed E-state index contributed by atoms with van der Waals surface area (Å²) < 4.78 is 115. The molecule has 2 aromatic rings. The van der Waals surface area contributed by atoms with Gasteiger partial charge in [-0.25, -0.2) is 0 Å². The van der Waals surface area contributed by atoms with Crippen LogP contribution in [0.3, 0.4) is 0 Å². The molecule has 0 atom stereocenters. The number of rotatable bonds is 1. The molecule has 0 N–H and O–H groups in total. The van der Waals surface area contributed by atoms with Gasteiger partial charge in [0.05, 0.1) is 16.7 Å². The van der Waals surface area contributed by atoms with Crippen molar-refractivity contribution in [2.75, 3.05) is 0 Å². The van der Waals surface area contributed by atoms with Crippen LogP contribution in [0.25, 0.3) is 11.1 Å². The molecule has 0 heterocycles. The van der Waals surface area contributed by atoms with E-state index in [2.05, 4.69) is 0 Å². The highest BCUT2D eigenvalue weighted by Gasteiger charge is 2.38. The molecule has 0 aliphatic heterocycles. The second-order valence-corrected chi connectivity index (χ2v) is 4.83. The predicted octanol–water partition coefficient (Wildman–Crippen LogP) is 6.41. The fraction of sp³-hybridized carbons (Fsp3) is 0.200. The normalized spacial score (nSPS) is 13.2. The van der Waals surface area contributed by atoms with Crippen LogP contribution in [-0.4, -0.2) is 0 Å². The average molecular weight is 358 g/mol. The molecule has 0 radical (unpaired) electrons. The van der Waals surface area contributed by atoms with Crippen molar-refractivity contribution in [1.82, 2.24) is 0 Å². The molecule has 24 heavy (non-hydrogen) atoms. The van der Waals surface area contributed by atoms with Crippen molar-refractivity contribution in [3.63, 3.8) is 0 Å². The van der Waals surface area contributed by atoms with Crippen LogP contribution in [0.5, 0.6) is 0 Å². The SMILES string of the molecule is FC(F)(F)c1cccc(-c2ccc(C(F)(F)F)cc2C(F)(F)F)c1. The van der Waals surface area contributed by atoms with Gasteiger partial charge in [-0.2, -0.15) is 39.5 Å². The van der Waals surface area contributed by atoms with Gasteiger partial charge in [-0.3, -0.25) is 0 Å². The topological polar surface area (TPSA) is 0 Å². The van der Waals surface area contributed by atoms with E-state index in [0.29, 0.717) is 24.3 Å². The van der Waals surface area contributed by atoms with Crippen molar-refractivity contribution >= 4 is 0 Å². The quantitative estimate of drug-likeness (QED) is 0.517. The maximum atomic E-state index is 13.0. The number of hydrogen-bond donors (Lipinski definition) is 0. The summed E-state index contributed by atoms with van der Waals surface area (Å²) in [5, 5.41) is 0.